The number of ether oxygens (including phenoxy) is 3. The second kappa shape index (κ2) is 6.69. The van der Waals surface area contributed by atoms with Gasteiger partial charge >= 0.3 is 0 Å². The number of halogens is 1. The van der Waals surface area contributed by atoms with Crippen molar-refractivity contribution < 1.29 is 14.2 Å². The van der Waals surface area contributed by atoms with Crippen molar-refractivity contribution in [2.75, 3.05) is 14.2 Å². The summed E-state index contributed by atoms with van der Waals surface area (Å²) in [5.41, 5.74) is 8.83. The largest absolute Gasteiger partial charge is 0.493 e. The molecule has 1 aromatic carbocycles. The highest BCUT2D eigenvalue weighted by atomic mass is 79.9. The minimum atomic E-state index is -0.404. The van der Waals surface area contributed by atoms with Crippen molar-refractivity contribution in [1.82, 2.24) is 10.2 Å². The Hall–Kier alpha value is -2.66. The van der Waals surface area contributed by atoms with Gasteiger partial charge in [-0.05, 0) is 40.0 Å². The molecule has 1 aliphatic rings. The lowest BCUT2D eigenvalue weighted by Crippen LogP contribution is -2.21. The van der Waals surface area contributed by atoms with Crippen LogP contribution in [-0.4, -0.2) is 24.4 Å². The van der Waals surface area contributed by atoms with Crippen LogP contribution in [-0.2, 0) is 6.42 Å². The lowest BCUT2D eigenvalue weighted by molar-refractivity contribution is 0.352. The number of rotatable bonds is 4. The molecular weight excluding hydrogens is 388 g/mol. The number of nitrogens with zero attached hydrogens (tertiary/aromatic N) is 2. The zero-order chi connectivity index (χ0) is 18.1. The molecule has 1 aromatic heterocycles. The van der Waals surface area contributed by atoms with Crippen LogP contribution < -0.4 is 19.9 Å². The van der Waals surface area contributed by atoms with Crippen molar-refractivity contribution in [2.45, 2.75) is 19.3 Å². The molecular formula is C17H17BrN4O3. The molecule has 1 atom stereocenters. The Morgan fingerprint density at radius 2 is 2.16 bits per heavy atom. The van der Waals surface area contributed by atoms with E-state index in [4.69, 9.17) is 19.9 Å². The number of fused-ring (bicyclic) bond motifs is 1. The Kier molecular flexibility index (Phi) is 4.59. The molecule has 0 fully saturated rings. The van der Waals surface area contributed by atoms with Crippen LogP contribution in [0.5, 0.6) is 17.4 Å². The van der Waals surface area contributed by atoms with Crippen LogP contribution in [0.25, 0.3) is 0 Å². The van der Waals surface area contributed by atoms with Gasteiger partial charge < -0.3 is 19.9 Å². The summed E-state index contributed by atoms with van der Waals surface area (Å²) in [6, 6.07) is 5.89. The third kappa shape index (κ3) is 2.70. The van der Waals surface area contributed by atoms with Gasteiger partial charge in [-0.25, -0.2) is 0 Å². The SMILES string of the molecule is CCc1[nH]nc2c1[C@H](c1cc(Br)c(OC)c(OC)c1)C(C#N)=C(N)O2. The van der Waals surface area contributed by atoms with Gasteiger partial charge in [0.15, 0.2) is 11.5 Å². The van der Waals surface area contributed by atoms with E-state index in [1.165, 1.54) is 0 Å². The molecule has 1 aliphatic heterocycles. The Bertz CT molecular complexity index is 898. The lowest BCUT2D eigenvalue weighted by atomic mass is 9.83. The van der Waals surface area contributed by atoms with E-state index in [2.05, 4.69) is 32.2 Å². The van der Waals surface area contributed by atoms with E-state index < -0.39 is 5.92 Å². The fraction of sp³-hybridized carbons (Fsp3) is 0.294. The molecule has 0 spiro atoms. The number of nitrogens with one attached hydrogen (secondary N) is 1. The van der Waals surface area contributed by atoms with Crippen LogP contribution in [0.2, 0.25) is 0 Å². The van der Waals surface area contributed by atoms with Gasteiger partial charge in [0.1, 0.15) is 11.6 Å². The van der Waals surface area contributed by atoms with Crippen molar-refractivity contribution in [3.63, 3.8) is 0 Å². The minimum absolute atomic E-state index is 0.0556. The Morgan fingerprint density at radius 1 is 1.40 bits per heavy atom. The fourth-order valence-electron chi connectivity index (χ4n) is 3.02. The van der Waals surface area contributed by atoms with Gasteiger partial charge in [-0.3, -0.25) is 5.10 Å². The molecule has 0 saturated heterocycles. The molecule has 0 aliphatic carbocycles. The quantitative estimate of drug-likeness (QED) is 0.810. The number of nitriles is 1. The molecule has 2 aromatic rings. The smallest absolute Gasteiger partial charge is 0.244 e. The molecule has 0 bridgehead atoms. The van der Waals surface area contributed by atoms with Gasteiger partial charge in [0, 0.05) is 11.3 Å². The number of methoxy groups -OCH3 is 2. The van der Waals surface area contributed by atoms with Crippen molar-refractivity contribution in [1.29, 1.82) is 5.26 Å². The molecule has 0 amide bonds. The van der Waals surface area contributed by atoms with E-state index in [0.717, 1.165) is 27.7 Å². The van der Waals surface area contributed by atoms with E-state index in [9.17, 15) is 5.26 Å². The van der Waals surface area contributed by atoms with Gasteiger partial charge in [0.2, 0.25) is 11.8 Å². The highest BCUT2D eigenvalue weighted by Crippen LogP contribution is 2.46. The number of hydrogen-bond acceptors (Lipinski definition) is 6. The molecule has 8 heteroatoms. The molecule has 2 heterocycles. The number of nitrogens with two attached hydrogens (primary N) is 1. The van der Waals surface area contributed by atoms with Crippen LogP contribution in [0.4, 0.5) is 0 Å². The van der Waals surface area contributed by atoms with Crippen molar-refractivity contribution >= 4 is 15.9 Å². The number of allylic oxidation sites excluding steroid dienone is 1. The minimum Gasteiger partial charge on any atom is -0.493 e. The van der Waals surface area contributed by atoms with Crippen molar-refractivity contribution in [3.8, 4) is 23.4 Å². The maximum absolute atomic E-state index is 9.65. The molecule has 7 nitrogen and oxygen atoms in total. The third-order valence-electron chi connectivity index (χ3n) is 4.16. The van der Waals surface area contributed by atoms with Crippen LogP contribution >= 0.6 is 15.9 Å². The number of aromatic nitrogens is 2. The number of benzene rings is 1. The molecule has 0 radical (unpaired) electrons. The highest BCUT2D eigenvalue weighted by Gasteiger charge is 2.35. The maximum atomic E-state index is 9.65. The molecule has 0 saturated carbocycles. The second-order valence-corrected chi connectivity index (χ2v) is 6.29. The maximum Gasteiger partial charge on any atom is 0.244 e. The monoisotopic (exact) mass is 404 g/mol. The molecule has 25 heavy (non-hydrogen) atoms. The van der Waals surface area contributed by atoms with Crippen molar-refractivity contribution in [3.05, 3.63) is 44.9 Å². The Morgan fingerprint density at radius 3 is 2.76 bits per heavy atom. The van der Waals surface area contributed by atoms with Crippen LogP contribution in [0.3, 0.4) is 0 Å². The molecule has 130 valence electrons. The summed E-state index contributed by atoms with van der Waals surface area (Å²) in [5.74, 6) is 1.18. The summed E-state index contributed by atoms with van der Waals surface area (Å²) in [7, 11) is 3.13. The molecule has 3 N–H and O–H groups in total. The summed E-state index contributed by atoms with van der Waals surface area (Å²) >= 11 is 3.50. The fourth-order valence-corrected chi connectivity index (χ4v) is 3.64. The van der Waals surface area contributed by atoms with Gasteiger partial charge in [-0.15, -0.1) is 5.10 Å². The summed E-state index contributed by atoms with van der Waals surface area (Å²) in [5, 5.41) is 16.8. The van der Waals surface area contributed by atoms with Crippen LogP contribution in [0.15, 0.2) is 28.1 Å². The Balaban J connectivity index is 2.26. The van der Waals surface area contributed by atoms with Gasteiger partial charge in [0.25, 0.3) is 0 Å². The lowest BCUT2D eigenvalue weighted by Gasteiger charge is -2.25. The zero-order valence-electron chi connectivity index (χ0n) is 14.0. The van der Waals surface area contributed by atoms with E-state index in [-0.39, 0.29) is 5.88 Å². The van der Waals surface area contributed by atoms with Crippen LogP contribution in [0, 0.1) is 11.3 Å². The first kappa shape index (κ1) is 17.2. The van der Waals surface area contributed by atoms with E-state index >= 15 is 0 Å². The first-order chi connectivity index (χ1) is 12.0. The average molecular weight is 405 g/mol. The predicted octanol–water partition coefficient (Wildman–Crippen LogP) is 2.97. The van der Waals surface area contributed by atoms with Crippen molar-refractivity contribution in [2.24, 2.45) is 5.73 Å². The van der Waals surface area contributed by atoms with E-state index in [1.54, 1.807) is 14.2 Å². The number of hydrogen-bond donors (Lipinski definition) is 2. The first-order valence-corrected chi connectivity index (χ1v) is 8.41. The summed E-state index contributed by atoms with van der Waals surface area (Å²) < 4.78 is 17.0. The number of aromatic amines is 1. The predicted molar refractivity (Wildman–Crippen MR) is 94.5 cm³/mol. The summed E-state index contributed by atoms with van der Waals surface area (Å²) in [4.78, 5) is 0. The van der Waals surface area contributed by atoms with E-state index in [1.807, 2.05) is 19.1 Å². The van der Waals surface area contributed by atoms with Crippen LogP contribution in [0.1, 0.15) is 29.7 Å². The van der Waals surface area contributed by atoms with E-state index in [0.29, 0.717) is 23.0 Å². The van der Waals surface area contributed by atoms with Gasteiger partial charge in [-0.2, -0.15) is 5.26 Å². The normalized spacial score (nSPS) is 16.0. The summed E-state index contributed by atoms with van der Waals surface area (Å²) in [6.45, 7) is 2.00. The van der Waals surface area contributed by atoms with Gasteiger partial charge in [0.05, 0.1) is 24.6 Å². The third-order valence-corrected chi connectivity index (χ3v) is 4.75. The Labute approximate surface area is 153 Å². The number of aryl methyl sites for hydroxylation is 1. The first-order valence-electron chi connectivity index (χ1n) is 7.61. The average Bonchev–Trinajstić information content (AvgIpc) is 3.01. The highest BCUT2D eigenvalue weighted by molar-refractivity contribution is 9.10. The molecule has 3 rings (SSSR count). The topological polar surface area (TPSA) is 106 Å². The summed E-state index contributed by atoms with van der Waals surface area (Å²) in [6.07, 6.45) is 0.718. The standard InChI is InChI=1S/C17H17BrN4O3/c1-4-11-14-13(9(7-19)16(20)25-17(14)22-21-11)8-5-10(18)15(24-3)12(6-8)23-2/h5-6,13H,4,20H2,1-3H3,(H,21,22)/t13-/m1/s1. The molecule has 0 unspecified atom stereocenters. The number of H-pyrrole nitrogens is 1. The van der Waals surface area contributed by atoms with Gasteiger partial charge in [-0.1, -0.05) is 6.92 Å². The zero-order valence-corrected chi connectivity index (χ0v) is 15.6. The second-order valence-electron chi connectivity index (χ2n) is 5.44.